The van der Waals surface area contributed by atoms with Crippen LogP contribution in [0.25, 0.3) is 0 Å². The number of hydrogen-bond acceptors (Lipinski definition) is 7. The van der Waals surface area contributed by atoms with Gasteiger partial charge in [-0.3, -0.25) is 9.36 Å². The van der Waals surface area contributed by atoms with Crippen LogP contribution in [0.4, 0.5) is 0 Å². The second-order valence-electron chi connectivity index (χ2n) is 22.1. The molecule has 0 aromatic carbocycles. The van der Waals surface area contributed by atoms with E-state index in [0.717, 1.165) is 109 Å². The number of ether oxygens (including phenoxy) is 2. The molecule has 8 fully saturated rings. The molecule has 326 valence electrons. The molecule has 8 aliphatic carbocycles. The van der Waals surface area contributed by atoms with Crippen molar-refractivity contribution in [2.24, 2.45) is 82.9 Å². The monoisotopic (exact) mass is 816 g/mol. The van der Waals surface area contributed by atoms with E-state index in [-0.39, 0.29) is 25.8 Å². The molecule has 15 unspecified atom stereocenters. The SMILES string of the molecule is C[N+](C)(C)CCOP(=O)([O-])OC[C@@H](COC(=O)CCCCCCCC1CCC2C(C1)C1C3CCC3C21)OCCCCCCCCC1CCC2C(C1)C1C3CCC3C21. The number of rotatable bonds is 27. The average molecular weight is 816 g/mol. The van der Waals surface area contributed by atoms with Crippen molar-refractivity contribution >= 4 is 13.8 Å². The van der Waals surface area contributed by atoms with Crippen LogP contribution < -0.4 is 4.89 Å². The van der Waals surface area contributed by atoms with E-state index >= 15 is 0 Å². The summed E-state index contributed by atoms with van der Waals surface area (Å²) in [7, 11) is 1.45. The fourth-order valence-electron chi connectivity index (χ4n) is 14.8. The Bertz CT molecular complexity index is 1340. The smallest absolute Gasteiger partial charge is 0.305 e. The fraction of sp³-hybridized carbons (Fsp3) is 0.979. The molecule has 8 rings (SSSR count). The molecule has 0 heterocycles. The number of carbonyl (C=O) groups is 1. The van der Waals surface area contributed by atoms with Crippen molar-refractivity contribution in [1.29, 1.82) is 0 Å². The summed E-state index contributed by atoms with van der Waals surface area (Å²) in [5.74, 6) is 15.3. The van der Waals surface area contributed by atoms with Crippen LogP contribution in [0.3, 0.4) is 0 Å². The van der Waals surface area contributed by atoms with Crippen molar-refractivity contribution in [2.45, 2.75) is 160 Å². The first-order chi connectivity index (χ1) is 27.6. The van der Waals surface area contributed by atoms with Gasteiger partial charge in [0.05, 0.1) is 27.7 Å². The van der Waals surface area contributed by atoms with Crippen molar-refractivity contribution in [3.63, 3.8) is 0 Å². The number of nitrogens with zero attached hydrogens (tertiary/aromatic N) is 1. The Morgan fingerprint density at radius 2 is 1.04 bits per heavy atom. The van der Waals surface area contributed by atoms with E-state index < -0.39 is 13.9 Å². The summed E-state index contributed by atoms with van der Waals surface area (Å²) in [4.78, 5) is 25.2. The second kappa shape index (κ2) is 19.3. The molecule has 9 heteroatoms. The molecule has 16 atom stereocenters. The summed E-state index contributed by atoms with van der Waals surface area (Å²) in [6.45, 7) is 0.871. The van der Waals surface area contributed by atoms with E-state index in [4.69, 9.17) is 18.5 Å². The zero-order valence-electron chi connectivity index (χ0n) is 36.4. The van der Waals surface area contributed by atoms with E-state index in [0.29, 0.717) is 24.1 Å². The highest BCUT2D eigenvalue weighted by molar-refractivity contribution is 7.45. The maximum absolute atomic E-state index is 12.7. The van der Waals surface area contributed by atoms with Gasteiger partial charge < -0.3 is 27.9 Å². The predicted molar refractivity (Wildman–Crippen MR) is 223 cm³/mol. The van der Waals surface area contributed by atoms with Crippen LogP contribution in [-0.2, 0) is 27.9 Å². The predicted octanol–water partition coefficient (Wildman–Crippen LogP) is 10.2. The van der Waals surface area contributed by atoms with E-state index in [1.807, 2.05) is 21.1 Å². The topological polar surface area (TPSA) is 94.1 Å². The van der Waals surface area contributed by atoms with Gasteiger partial charge in [0.25, 0.3) is 7.82 Å². The molecular weight excluding hydrogens is 734 g/mol. The zero-order chi connectivity index (χ0) is 39.6. The zero-order valence-corrected chi connectivity index (χ0v) is 37.3. The molecule has 0 aliphatic heterocycles. The number of hydrogen-bond donors (Lipinski definition) is 0. The maximum atomic E-state index is 12.7. The Labute approximate surface area is 347 Å². The highest BCUT2D eigenvalue weighted by atomic mass is 31.2. The fourth-order valence-corrected chi connectivity index (χ4v) is 15.5. The Morgan fingerprint density at radius 1 is 0.579 bits per heavy atom. The minimum Gasteiger partial charge on any atom is -0.756 e. The van der Waals surface area contributed by atoms with Crippen LogP contribution in [0.15, 0.2) is 0 Å². The summed E-state index contributed by atoms with van der Waals surface area (Å²) < 4.78 is 35.1. The molecule has 0 saturated heterocycles. The van der Waals surface area contributed by atoms with Crippen molar-refractivity contribution < 1.29 is 37.3 Å². The second-order valence-corrected chi connectivity index (χ2v) is 23.5. The first-order valence-corrected chi connectivity index (χ1v) is 26.2. The van der Waals surface area contributed by atoms with Gasteiger partial charge in [0, 0.05) is 13.0 Å². The highest BCUT2D eigenvalue weighted by Gasteiger charge is 2.69. The van der Waals surface area contributed by atoms with Crippen LogP contribution in [-0.4, -0.2) is 70.7 Å². The molecule has 57 heavy (non-hydrogen) atoms. The highest BCUT2D eigenvalue weighted by Crippen LogP contribution is 2.75. The minimum absolute atomic E-state index is 0.00459. The van der Waals surface area contributed by atoms with Crippen LogP contribution in [0.5, 0.6) is 0 Å². The van der Waals surface area contributed by atoms with Crippen LogP contribution >= 0.6 is 7.82 Å². The molecule has 0 aromatic heterocycles. The van der Waals surface area contributed by atoms with Crippen molar-refractivity contribution in [2.75, 3.05) is 54.1 Å². The number of carbonyl (C=O) groups excluding carboxylic acids is 1. The van der Waals surface area contributed by atoms with E-state index in [1.165, 1.54) is 96.3 Å². The van der Waals surface area contributed by atoms with Gasteiger partial charge in [-0.05, 0) is 147 Å². The Hall–Kier alpha value is -0.500. The van der Waals surface area contributed by atoms with Gasteiger partial charge in [0.1, 0.15) is 25.9 Å². The van der Waals surface area contributed by atoms with Gasteiger partial charge in [-0.15, -0.1) is 0 Å². The molecular formula is C48H82NO7P. The third kappa shape index (κ3) is 10.2. The third-order valence-electron chi connectivity index (χ3n) is 18.0. The lowest BCUT2D eigenvalue weighted by atomic mass is 9.30. The molecule has 8 saturated carbocycles. The van der Waals surface area contributed by atoms with Crippen molar-refractivity contribution in [3.05, 3.63) is 0 Å². The largest absolute Gasteiger partial charge is 0.756 e. The summed E-state index contributed by atoms with van der Waals surface area (Å²) in [5, 5.41) is 0. The molecule has 0 N–H and O–H groups in total. The Morgan fingerprint density at radius 3 is 1.56 bits per heavy atom. The van der Waals surface area contributed by atoms with Gasteiger partial charge >= 0.3 is 5.97 Å². The number of esters is 1. The number of quaternary nitrogens is 1. The standard InChI is InChI=1S/C48H82NO7P/c1-49(2,3)26-28-55-57(51,52)56-32-35(53-27-14-10-5-4-7-11-15-33-18-20-40-42(29-33)47-38-24-22-36(38)45(40)47)31-54-44(50)17-13-9-6-8-12-16-34-19-21-41-43(30-34)48-39-25-23-37(39)46(41)48/h33-43,45-48H,4-32H2,1-3H3/t33?,34?,35-,36?,37?,38?,39?,40?,41?,42?,43?,45?,46?,47?,48?/m1/s1. The van der Waals surface area contributed by atoms with Gasteiger partial charge in [-0.1, -0.05) is 83.5 Å². The minimum atomic E-state index is -4.49. The van der Waals surface area contributed by atoms with Crippen LogP contribution in [0.2, 0.25) is 0 Å². The van der Waals surface area contributed by atoms with Gasteiger partial charge in [-0.2, -0.15) is 0 Å². The number of phosphoric acid groups is 1. The van der Waals surface area contributed by atoms with E-state index in [2.05, 4.69) is 0 Å². The van der Waals surface area contributed by atoms with Crippen LogP contribution in [0.1, 0.15) is 154 Å². The molecule has 0 bridgehead atoms. The van der Waals surface area contributed by atoms with Gasteiger partial charge in [0.15, 0.2) is 0 Å². The van der Waals surface area contributed by atoms with E-state index in [9.17, 15) is 14.3 Å². The first-order valence-electron chi connectivity index (χ1n) is 24.7. The van der Waals surface area contributed by atoms with E-state index in [1.54, 1.807) is 25.7 Å². The Balaban J connectivity index is 0.651. The van der Waals surface area contributed by atoms with Crippen LogP contribution in [0, 0.1) is 82.9 Å². The first kappa shape index (κ1) is 43.2. The quantitative estimate of drug-likeness (QED) is 0.0353. The number of fused-ring (bicyclic) bond motifs is 14. The molecule has 0 amide bonds. The molecule has 8 nitrogen and oxygen atoms in total. The summed E-state index contributed by atoms with van der Waals surface area (Å²) in [6.07, 6.45) is 30.6. The lowest BCUT2D eigenvalue weighted by Crippen LogP contribution is -2.69. The van der Waals surface area contributed by atoms with Crippen molar-refractivity contribution in [1.82, 2.24) is 0 Å². The average Bonchev–Trinajstić information content (AvgIpc) is 3.15. The summed E-state index contributed by atoms with van der Waals surface area (Å²) >= 11 is 0. The molecule has 8 aliphatic rings. The van der Waals surface area contributed by atoms with Crippen molar-refractivity contribution in [3.8, 4) is 0 Å². The van der Waals surface area contributed by atoms with Gasteiger partial charge in [0.2, 0.25) is 0 Å². The molecule has 0 spiro atoms. The third-order valence-corrected chi connectivity index (χ3v) is 18.9. The number of likely N-dealkylation sites (N-methyl/N-ethyl adjacent to an activating group) is 1. The maximum Gasteiger partial charge on any atom is 0.305 e. The summed E-state index contributed by atoms with van der Waals surface area (Å²) in [5.41, 5.74) is 0. The lowest BCUT2D eigenvalue weighted by molar-refractivity contribution is -0.870. The lowest BCUT2D eigenvalue weighted by Gasteiger charge is -2.74. The molecule has 0 aromatic rings. The van der Waals surface area contributed by atoms with Gasteiger partial charge in [-0.25, -0.2) is 0 Å². The number of phosphoric ester groups is 1. The Kier molecular flexibility index (Phi) is 14.6. The normalized spacial score (nSPS) is 39.6. The molecule has 0 radical (unpaired) electrons. The summed E-state index contributed by atoms with van der Waals surface area (Å²) in [6, 6.07) is 0. The number of unbranched alkanes of at least 4 members (excludes halogenated alkanes) is 9.